The molecule has 0 atom stereocenters. The largest absolute Gasteiger partial charge is 0.456 e. The van der Waals surface area contributed by atoms with E-state index in [1.807, 2.05) is 0 Å². The molecule has 43 heavy (non-hydrogen) atoms. The van der Waals surface area contributed by atoms with Crippen LogP contribution in [0.2, 0.25) is 0 Å². The third-order valence-electron chi connectivity index (χ3n) is 7.26. The molecule has 0 saturated heterocycles. The van der Waals surface area contributed by atoms with E-state index in [1.165, 1.54) is 24.3 Å². The molecule has 0 radical (unpaired) electrons. The number of furan rings is 1. The molecule has 0 aliphatic carbocycles. The summed E-state index contributed by atoms with van der Waals surface area (Å²) in [5, 5.41) is -3.31. The Kier molecular flexibility index (Phi) is 2.39. The van der Waals surface area contributed by atoms with Crippen LogP contribution in [0.5, 0.6) is 0 Å². The highest BCUT2D eigenvalue weighted by Gasteiger charge is 2.20. The van der Waals surface area contributed by atoms with Crippen LogP contribution in [0, 0.1) is 0 Å². The monoisotopic (exact) mass is 568 g/mol. The normalized spacial score (nSPS) is 18.9. The third-order valence-corrected chi connectivity index (χ3v) is 7.26. The highest BCUT2D eigenvalue weighted by molar-refractivity contribution is 6.26. The first-order valence-electron chi connectivity index (χ1n) is 24.0. The minimum atomic E-state index is -0.836. The molecule has 0 unspecified atom stereocenters. The lowest BCUT2D eigenvalue weighted by Crippen LogP contribution is -1.91. The molecule has 9 rings (SSSR count). The second kappa shape index (κ2) is 9.44. The van der Waals surface area contributed by atoms with Crippen LogP contribution in [0.25, 0.3) is 87.6 Å². The van der Waals surface area contributed by atoms with Gasteiger partial charge in [0.25, 0.3) is 0 Å². The summed E-state index contributed by atoms with van der Waals surface area (Å²) < 4.78 is 201. The first kappa shape index (κ1) is 10.9. The molecule has 0 fully saturated rings. The first-order chi connectivity index (χ1) is 30.5. The van der Waals surface area contributed by atoms with Crippen molar-refractivity contribution >= 4 is 54.3 Å². The quantitative estimate of drug-likeness (QED) is 0.193. The maximum absolute atomic E-state index is 9.47. The van der Waals surface area contributed by atoms with Crippen molar-refractivity contribution in [2.75, 3.05) is 0 Å². The van der Waals surface area contributed by atoms with Crippen LogP contribution in [-0.4, -0.2) is 0 Å². The molecule has 0 aliphatic heterocycles. The first-order valence-corrected chi connectivity index (χ1v) is 13.0. The van der Waals surface area contributed by atoms with Gasteiger partial charge in [0.05, 0.1) is 30.2 Å². The number of hydrogen-bond donors (Lipinski definition) is 0. The number of benzene rings is 8. The zero-order valence-electron chi connectivity index (χ0n) is 43.7. The van der Waals surface area contributed by atoms with Crippen molar-refractivity contribution in [3.8, 4) is 33.4 Å². The molecule has 0 N–H and O–H groups in total. The van der Waals surface area contributed by atoms with Gasteiger partial charge in [-0.25, -0.2) is 0 Å². The minimum absolute atomic E-state index is 0.00603. The van der Waals surface area contributed by atoms with E-state index >= 15 is 0 Å². The van der Waals surface area contributed by atoms with Crippen LogP contribution < -0.4 is 0 Å². The lowest BCUT2D eigenvalue weighted by molar-refractivity contribution is 0.669. The molecule has 9 aromatic rings. The summed E-state index contributed by atoms with van der Waals surface area (Å²) in [6.07, 6.45) is 0. The zero-order valence-corrected chi connectivity index (χ0v) is 21.7. The molecule has 0 aliphatic rings. The van der Waals surface area contributed by atoms with Gasteiger partial charge in [-0.3, -0.25) is 0 Å². The lowest BCUT2D eigenvalue weighted by atomic mass is 9.84. The zero-order chi connectivity index (χ0) is 47.5. The Hall–Kier alpha value is -5.66. The molecule has 0 spiro atoms. The number of fused-ring (bicyclic) bond motifs is 6. The van der Waals surface area contributed by atoms with Crippen molar-refractivity contribution in [2.24, 2.45) is 0 Å². The van der Waals surface area contributed by atoms with Crippen LogP contribution in [0.3, 0.4) is 0 Å². The highest BCUT2D eigenvalue weighted by Crippen LogP contribution is 2.47. The van der Waals surface area contributed by atoms with Gasteiger partial charge in [0.15, 0.2) is 0 Å². The summed E-state index contributed by atoms with van der Waals surface area (Å²) in [4.78, 5) is 0. The number of rotatable bonds is 3. The van der Waals surface area contributed by atoms with Crippen LogP contribution in [0.15, 0.2) is 162 Å². The van der Waals surface area contributed by atoms with E-state index < -0.39 is 188 Å². The molecule has 1 heteroatoms. The van der Waals surface area contributed by atoms with Crippen molar-refractivity contribution in [1.82, 2.24) is 0 Å². The van der Waals surface area contributed by atoms with E-state index in [-0.39, 0.29) is 33.0 Å². The smallest absolute Gasteiger partial charge is 0.136 e. The molecule has 1 aromatic heterocycles. The molecule has 0 bridgehead atoms. The van der Waals surface area contributed by atoms with E-state index in [4.69, 9.17) is 26.3 Å². The summed E-state index contributed by atoms with van der Waals surface area (Å²) in [5.74, 6) is 0. The fourth-order valence-electron chi connectivity index (χ4n) is 5.49. The van der Waals surface area contributed by atoms with Crippen LogP contribution >= 0.6 is 0 Å². The molecule has 1 heterocycles. The number of hydrogen-bond acceptors (Lipinski definition) is 1. The second-order valence-electron chi connectivity index (χ2n) is 9.59. The maximum Gasteiger partial charge on any atom is 0.136 e. The Balaban J connectivity index is 1.59. The summed E-state index contributed by atoms with van der Waals surface area (Å²) in [5.41, 5.74) is -2.45. The van der Waals surface area contributed by atoms with Gasteiger partial charge in [-0.15, -0.1) is 0 Å². The topological polar surface area (TPSA) is 13.1 Å². The van der Waals surface area contributed by atoms with Crippen LogP contribution in [0.1, 0.15) is 30.2 Å². The van der Waals surface area contributed by atoms with Crippen molar-refractivity contribution < 1.29 is 34.6 Å². The molecule has 0 amide bonds. The molecule has 200 valence electrons. The van der Waals surface area contributed by atoms with Crippen molar-refractivity contribution in [3.63, 3.8) is 0 Å². The van der Waals surface area contributed by atoms with Crippen LogP contribution in [0.4, 0.5) is 0 Å². The average molecular weight is 569 g/mol. The predicted octanol–water partition coefficient (Wildman–Crippen LogP) is 12.0. The van der Waals surface area contributed by atoms with E-state index in [9.17, 15) is 8.22 Å². The van der Waals surface area contributed by atoms with E-state index in [0.717, 1.165) is 0 Å². The summed E-state index contributed by atoms with van der Waals surface area (Å²) in [6.45, 7) is 0. The van der Waals surface area contributed by atoms with Gasteiger partial charge in [-0.1, -0.05) is 133 Å². The van der Waals surface area contributed by atoms with Crippen LogP contribution in [-0.2, 0) is 0 Å². The lowest BCUT2D eigenvalue weighted by Gasteiger charge is -2.18. The fraction of sp³-hybridized carbons (Fsp3) is 0. The van der Waals surface area contributed by atoms with E-state index in [2.05, 4.69) is 0 Å². The highest BCUT2D eigenvalue weighted by atomic mass is 16.3. The second-order valence-corrected chi connectivity index (χ2v) is 9.59. The molecule has 1 nitrogen and oxygen atoms in total. The van der Waals surface area contributed by atoms with Gasteiger partial charge < -0.3 is 4.42 Å². The fourth-order valence-corrected chi connectivity index (χ4v) is 5.49. The SMILES string of the molecule is [2H]c1c([2H])c([2H])c(-c2cccc(-c3c4c([2H])c([2H])c([2H])c([2H])c4c(-c4c([2H])c([2H])c([2H])c5oc6c([2H])c7c([2H])c([2H])c([2H])c([2H])c7c([2H])c6c45)c4c([2H])c([2H])c([2H])c([2H])c34)c2)c([2H])c1[2H]. The van der Waals surface area contributed by atoms with Crippen molar-refractivity contribution in [2.45, 2.75) is 0 Å². The molecular formula is C42H26O. The summed E-state index contributed by atoms with van der Waals surface area (Å²) in [6, 6.07) is -10.3. The van der Waals surface area contributed by atoms with Gasteiger partial charge in [0.2, 0.25) is 0 Å². The minimum Gasteiger partial charge on any atom is -0.456 e. The van der Waals surface area contributed by atoms with Gasteiger partial charge in [-0.05, 0) is 89.9 Å². The summed E-state index contributed by atoms with van der Waals surface area (Å²) >= 11 is 0. The summed E-state index contributed by atoms with van der Waals surface area (Å²) in [7, 11) is 0. The van der Waals surface area contributed by atoms with Gasteiger partial charge in [-0.2, -0.15) is 0 Å². The van der Waals surface area contributed by atoms with Gasteiger partial charge in [0.1, 0.15) is 11.2 Å². The van der Waals surface area contributed by atoms with Crippen molar-refractivity contribution in [1.29, 1.82) is 0 Å². The average Bonchev–Trinajstić information content (AvgIpc) is 3.69. The Labute approximate surface area is 280 Å². The third kappa shape index (κ3) is 3.72. The molecule has 8 aromatic carbocycles. The molecule has 0 saturated carbocycles. The Bertz CT molecular complexity index is 3630. The van der Waals surface area contributed by atoms with E-state index in [1.54, 1.807) is 0 Å². The van der Waals surface area contributed by atoms with Gasteiger partial charge >= 0.3 is 0 Å². The Morgan fingerprint density at radius 2 is 1.05 bits per heavy atom. The Morgan fingerprint density at radius 1 is 0.442 bits per heavy atom. The Morgan fingerprint density at radius 3 is 1.77 bits per heavy atom. The molecular weight excluding hydrogens is 520 g/mol. The predicted molar refractivity (Wildman–Crippen MR) is 183 cm³/mol. The maximum atomic E-state index is 9.47. The van der Waals surface area contributed by atoms with E-state index in [0.29, 0.717) is 0 Å². The standard InChI is InChI=1S/C42H26O/c1-2-12-27(13-3-1)28-16-10-17-31(24-28)40-32-18-6-8-20-34(32)41(35-21-9-7-19-33(35)40)36-22-11-23-38-42(36)37-25-29-14-4-5-15-30(29)26-39(37)43-38/h1-26H/i1D,2D,3D,4D,5D,6D,7D,8D,9D,11D,12D,13D,14D,15D,18D,19D,20D,21D,22D,23D,25D,26D. The van der Waals surface area contributed by atoms with Gasteiger partial charge in [0, 0.05) is 10.8 Å². The van der Waals surface area contributed by atoms with Crippen molar-refractivity contribution in [3.05, 3.63) is 157 Å².